The summed E-state index contributed by atoms with van der Waals surface area (Å²) in [6.45, 7) is 4.31. The SMILES string of the molecule is CCOC(=O)C(C(=O)/C(=C/c1cc(OC)c(OC)c(OC)c1)NC(=O)c1ccccc1)P(=O)(OCC)OCC. The van der Waals surface area contributed by atoms with Gasteiger partial charge >= 0.3 is 13.6 Å². The van der Waals surface area contributed by atoms with Gasteiger partial charge < -0.3 is 33.3 Å². The first-order chi connectivity index (χ1) is 18.7. The van der Waals surface area contributed by atoms with Crippen LogP contribution in [0.4, 0.5) is 0 Å². The lowest BCUT2D eigenvalue weighted by molar-refractivity contribution is -0.145. The third-order valence-corrected chi connectivity index (χ3v) is 7.55. The summed E-state index contributed by atoms with van der Waals surface area (Å²) in [6, 6.07) is 11.2. The highest BCUT2D eigenvalue weighted by Gasteiger charge is 2.49. The third-order valence-electron chi connectivity index (χ3n) is 5.24. The van der Waals surface area contributed by atoms with Crippen molar-refractivity contribution in [3.8, 4) is 17.2 Å². The number of ether oxygens (including phenoxy) is 4. The van der Waals surface area contributed by atoms with E-state index in [1.807, 2.05) is 0 Å². The molecular weight excluding hydrogens is 529 g/mol. The van der Waals surface area contributed by atoms with Crippen LogP contribution >= 0.6 is 7.60 Å². The summed E-state index contributed by atoms with van der Waals surface area (Å²) in [5.41, 5.74) is -1.78. The normalized spacial score (nSPS) is 12.3. The summed E-state index contributed by atoms with van der Waals surface area (Å²) in [5.74, 6) is -1.93. The lowest BCUT2D eigenvalue weighted by atomic mass is 10.1. The quantitative estimate of drug-likeness (QED) is 0.145. The van der Waals surface area contributed by atoms with Crippen LogP contribution in [0.1, 0.15) is 36.7 Å². The van der Waals surface area contributed by atoms with Crippen molar-refractivity contribution >= 4 is 31.3 Å². The standard InChI is InChI=1S/C27H34NO10P/c1-7-36-27(31)25(39(32,37-8-2)38-9-3)23(29)20(28-26(30)19-13-11-10-12-14-19)15-18-16-21(33-4)24(35-6)22(17-18)34-5/h10-17,25H,7-9H2,1-6H3,(H,28,30)/b20-15-. The Bertz CT molecular complexity index is 1190. The van der Waals surface area contributed by atoms with Gasteiger partial charge in [-0.15, -0.1) is 0 Å². The number of carbonyl (C=O) groups is 3. The third kappa shape index (κ3) is 7.92. The number of benzene rings is 2. The number of methoxy groups -OCH3 is 3. The Kier molecular flexibility index (Phi) is 12.2. The molecule has 0 saturated heterocycles. The minimum atomic E-state index is -4.37. The van der Waals surface area contributed by atoms with Crippen molar-refractivity contribution in [2.75, 3.05) is 41.2 Å². The molecule has 0 aliphatic heterocycles. The molecule has 2 aromatic rings. The molecule has 11 nitrogen and oxygen atoms in total. The van der Waals surface area contributed by atoms with Crippen LogP contribution in [0, 0.1) is 0 Å². The number of esters is 1. The molecule has 0 aromatic heterocycles. The highest BCUT2D eigenvalue weighted by atomic mass is 31.2. The van der Waals surface area contributed by atoms with E-state index in [1.54, 1.807) is 44.2 Å². The maximum atomic E-state index is 14.0. The van der Waals surface area contributed by atoms with E-state index in [1.165, 1.54) is 46.5 Å². The van der Waals surface area contributed by atoms with Crippen LogP contribution in [0.15, 0.2) is 48.2 Å². The molecule has 0 aliphatic rings. The number of hydrogen-bond acceptors (Lipinski definition) is 10. The second kappa shape index (κ2) is 15.1. The minimum absolute atomic E-state index is 0.0941. The van der Waals surface area contributed by atoms with E-state index < -0.39 is 30.9 Å². The number of hydrogen-bond donors (Lipinski definition) is 1. The molecule has 39 heavy (non-hydrogen) atoms. The summed E-state index contributed by atoms with van der Waals surface area (Å²) in [5, 5.41) is 2.54. The Morgan fingerprint density at radius 2 is 1.44 bits per heavy atom. The van der Waals surface area contributed by atoms with E-state index in [0.29, 0.717) is 11.3 Å². The molecule has 0 fully saturated rings. The zero-order valence-electron chi connectivity index (χ0n) is 22.8. The Balaban J connectivity index is 2.75. The van der Waals surface area contributed by atoms with Gasteiger partial charge in [0.15, 0.2) is 11.5 Å². The first-order valence-electron chi connectivity index (χ1n) is 12.2. The van der Waals surface area contributed by atoms with Crippen LogP contribution in [0.5, 0.6) is 17.2 Å². The number of carbonyl (C=O) groups excluding carboxylic acids is 3. The van der Waals surface area contributed by atoms with E-state index in [2.05, 4.69) is 5.32 Å². The number of amides is 1. The molecule has 2 aromatic carbocycles. The van der Waals surface area contributed by atoms with Crippen molar-refractivity contribution in [2.24, 2.45) is 0 Å². The van der Waals surface area contributed by atoms with Crippen molar-refractivity contribution in [1.82, 2.24) is 5.32 Å². The molecule has 2 rings (SSSR count). The summed E-state index contributed by atoms with van der Waals surface area (Å²) < 4.78 is 45.5. The Morgan fingerprint density at radius 1 is 0.872 bits per heavy atom. The Labute approximate surface area is 227 Å². The summed E-state index contributed by atoms with van der Waals surface area (Å²) in [6.07, 6.45) is 1.29. The second-order valence-corrected chi connectivity index (χ2v) is 9.84. The van der Waals surface area contributed by atoms with Gasteiger partial charge in [-0.2, -0.15) is 0 Å². The average Bonchev–Trinajstić information content (AvgIpc) is 2.92. The lowest BCUT2D eigenvalue weighted by Crippen LogP contribution is -2.39. The van der Waals surface area contributed by atoms with Gasteiger partial charge in [-0.25, -0.2) is 0 Å². The molecule has 212 valence electrons. The van der Waals surface area contributed by atoms with Gasteiger partial charge in [-0.05, 0) is 56.7 Å². The number of ketones is 1. The monoisotopic (exact) mass is 563 g/mol. The van der Waals surface area contributed by atoms with E-state index in [0.717, 1.165) is 0 Å². The zero-order chi connectivity index (χ0) is 29.0. The number of rotatable bonds is 15. The van der Waals surface area contributed by atoms with E-state index in [4.69, 9.17) is 28.0 Å². The predicted octanol–water partition coefficient (Wildman–Crippen LogP) is 4.25. The number of allylic oxidation sites excluding steroid dienone is 1. The minimum Gasteiger partial charge on any atom is -0.493 e. The largest absolute Gasteiger partial charge is 0.493 e. The van der Waals surface area contributed by atoms with Crippen LogP contribution in [-0.2, 0) is 27.9 Å². The molecule has 1 atom stereocenters. The van der Waals surface area contributed by atoms with Crippen molar-refractivity contribution in [3.63, 3.8) is 0 Å². The van der Waals surface area contributed by atoms with Crippen molar-refractivity contribution in [2.45, 2.75) is 26.4 Å². The van der Waals surface area contributed by atoms with E-state index in [9.17, 15) is 18.9 Å². The van der Waals surface area contributed by atoms with Crippen molar-refractivity contribution in [1.29, 1.82) is 0 Å². The molecule has 0 spiro atoms. The van der Waals surface area contributed by atoms with Gasteiger partial charge in [0, 0.05) is 5.56 Å². The number of Topliss-reactive ketones (excluding diaryl/α,β-unsaturated/α-hetero) is 1. The van der Waals surface area contributed by atoms with Crippen LogP contribution in [0.2, 0.25) is 0 Å². The molecule has 0 heterocycles. The zero-order valence-corrected chi connectivity index (χ0v) is 23.7. The lowest BCUT2D eigenvalue weighted by Gasteiger charge is -2.25. The first-order valence-corrected chi connectivity index (χ1v) is 13.8. The van der Waals surface area contributed by atoms with Crippen molar-refractivity contribution in [3.05, 3.63) is 59.3 Å². The van der Waals surface area contributed by atoms with Gasteiger partial charge in [0.25, 0.3) is 5.91 Å². The molecule has 12 heteroatoms. The maximum Gasteiger partial charge on any atom is 0.352 e. The fourth-order valence-electron chi connectivity index (χ4n) is 3.60. The first kappa shape index (κ1) is 31.6. The molecule has 0 aliphatic carbocycles. The van der Waals surface area contributed by atoms with E-state index >= 15 is 0 Å². The maximum absolute atomic E-state index is 14.0. The second-order valence-electron chi connectivity index (χ2n) is 7.73. The van der Waals surface area contributed by atoms with Gasteiger partial charge in [-0.1, -0.05) is 18.2 Å². The Hall–Kier alpha value is -3.66. The predicted molar refractivity (Wildman–Crippen MR) is 144 cm³/mol. The average molecular weight is 564 g/mol. The summed E-state index contributed by atoms with van der Waals surface area (Å²) in [4.78, 5) is 40.1. The smallest absolute Gasteiger partial charge is 0.352 e. The number of nitrogens with one attached hydrogen (secondary N) is 1. The highest BCUT2D eigenvalue weighted by Crippen LogP contribution is 2.54. The molecule has 0 saturated carbocycles. The van der Waals surface area contributed by atoms with Gasteiger partial charge in [0.2, 0.25) is 17.2 Å². The fraction of sp³-hybridized carbons (Fsp3) is 0.370. The fourth-order valence-corrected chi connectivity index (χ4v) is 5.45. The summed E-state index contributed by atoms with van der Waals surface area (Å²) >= 11 is 0. The van der Waals surface area contributed by atoms with Gasteiger partial charge in [-0.3, -0.25) is 18.9 Å². The van der Waals surface area contributed by atoms with Crippen LogP contribution in [0.3, 0.4) is 0 Å². The molecular formula is C27H34NO10P. The van der Waals surface area contributed by atoms with Gasteiger partial charge in [0.05, 0.1) is 46.8 Å². The van der Waals surface area contributed by atoms with Crippen LogP contribution < -0.4 is 19.5 Å². The van der Waals surface area contributed by atoms with Crippen molar-refractivity contribution < 1.29 is 46.9 Å². The molecule has 1 unspecified atom stereocenters. The molecule has 1 N–H and O–H groups in total. The molecule has 0 bridgehead atoms. The van der Waals surface area contributed by atoms with E-state index in [-0.39, 0.29) is 42.6 Å². The summed E-state index contributed by atoms with van der Waals surface area (Å²) in [7, 11) is -0.0923. The molecule has 1 amide bonds. The highest BCUT2D eigenvalue weighted by molar-refractivity contribution is 7.57. The molecule has 0 radical (unpaired) electrons. The van der Waals surface area contributed by atoms with Crippen LogP contribution in [0.25, 0.3) is 6.08 Å². The topological polar surface area (TPSA) is 136 Å². The Morgan fingerprint density at radius 3 is 1.90 bits per heavy atom. The van der Waals surface area contributed by atoms with Gasteiger partial charge in [0.1, 0.15) is 0 Å². The van der Waals surface area contributed by atoms with Crippen LogP contribution in [-0.4, -0.2) is 64.5 Å².